The zero-order chi connectivity index (χ0) is 19.6. The van der Waals surface area contributed by atoms with Gasteiger partial charge in [-0.25, -0.2) is 4.79 Å². The van der Waals surface area contributed by atoms with Gasteiger partial charge >= 0.3 is 5.97 Å². The molecule has 0 aliphatic carbocycles. The third kappa shape index (κ3) is 10.7. The van der Waals surface area contributed by atoms with Crippen LogP contribution in [0.5, 0.6) is 0 Å². The summed E-state index contributed by atoms with van der Waals surface area (Å²) in [5.74, 6) is -0.328. The molecule has 0 unspecified atom stereocenters. The first-order valence-electron chi connectivity index (χ1n) is 8.18. The van der Waals surface area contributed by atoms with Gasteiger partial charge in [0.1, 0.15) is 13.2 Å². The number of nitrogens with zero attached hydrogens (tertiary/aromatic N) is 1. The SMILES string of the molecule is C=CC(=O)OCC[N+](C)(C)C.O=C(c1ccccc1)c1ccc(Cl)cc1.[Br-]. The highest BCUT2D eigenvalue weighted by molar-refractivity contribution is 6.30. The maximum atomic E-state index is 11.9. The number of hydrogen-bond acceptors (Lipinski definition) is 3. The van der Waals surface area contributed by atoms with Gasteiger partial charge in [0, 0.05) is 22.2 Å². The average Bonchev–Trinajstić information content (AvgIpc) is 2.62. The van der Waals surface area contributed by atoms with Crippen molar-refractivity contribution in [1.82, 2.24) is 0 Å². The third-order valence-electron chi connectivity index (χ3n) is 3.32. The fraction of sp³-hybridized carbons (Fsp3) is 0.238. The van der Waals surface area contributed by atoms with E-state index in [1.165, 1.54) is 6.08 Å². The number of halogens is 2. The highest BCUT2D eigenvalue weighted by atomic mass is 79.9. The number of quaternary nitrogens is 1. The number of benzene rings is 2. The minimum Gasteiger partial charge on any atom is -1.00 e. The van der Waals surface area contributed by atoms with E-state index in [0.29, 0.717) is 22.8 Å². The van der Waals surface area contributed by atoms with E-state index in [1.807, 2.05) is 39.3 Å². The second-order valence-electron chi connectivity index (χ2n) is 6.59. The summed E-state index contributed by atoms with van der Waals surface area (Å²) in [4.78, 5) is 22.5. The fourth-order valence-corrected chi connectivity index (χ4v) is 1.96. The van der Waals surface area contributed by atoms with Gasteiger partial charge < -0.3 is 26.2 Å². The van der Waals surface area contributed by atoms with Crippen LogP contribution in [0.25, 0.3) is 0 Å². The van der Waals surface area contributed by atoms with Crippen LogP contribution in [0.2, 0.25) is 5.02 Å². The monoisotopic (exact) mass is 453 g/mol. The third-order valence-corrected chi connectivity index (χ3v) is 3.57. The predicted molar refractivity (Wildman–Crippen MR) is 105 cm³/mol. The smallest absolute Gasteiger partial charge is 0.330 e. The Labute approximate surface area is 176 Å². The van der Waals surface area contributed by atoms with Crippen molar-refractivity contribution >= 4 is 23.4 Å². The zero-order valence-corrected chi connectivity index (χ0v) is 18.2. The van der Waals surface area contributed by atoms with Crippen LogP contribution in [-0.2, 0) is 9.53 Å². The maximum Gasteiger partial charge on any atom is 0.330 e. The van der Waals surface area contributed by atoms with Crippen LogP contribution in [0.15, 0.2) is 67.3 Å². The minimum atomic E-state index is -0.349. The Balaban J connectivity index is 0.000000509. The highest BCUT2D eigenvalue weighted by Crippen LogP contribution is 2.13. The molecule has 0 heterocycles. The van der Waals surface area contributed by atoms with Crippen molar-refractivity contribution in [3.63, 3.8) is 0 Å². The molecule has 0 radical (unpaired) electrons. The van der Waals surface area contributed by atoms with Crippen molar-refractivity contribution in [2.75, 3.05) is 34.3 Å². The summed E-state index contributed by atoms with van der Waals surface area (Å²) < 4.78 is 5.59. The molecule has 0 amide bonds. The summed E-state index contributed by atoms with van der Waals surface area (Å²) in [7, 11) is 6.13. The van der Waals surface area contributed by atoms with Crippen LogP contribution >= 0.6 is 11.6 Å². The van der Waals surface area contributed by atoms with Gasteiger partial charge in [-0.1, -0.05) is 48.5 Å². The molecule has 4 nitrogen and oxygen atoms in total. The standard InChI is InChI=1S/C13H9ClO.C8H16NO2.BrH/c14-12-8-6-11(7-9-12)13(15)10-4-2-1-3-5-10;1-5-8(10)11-7-6-9(2,3)4;/h1-9H;5H,1,6-7H2,2-4H3;1H/q;+1;/p-1. The molecule has 0 aliphatic rings. The molecule has 0 saturated carbocycles. The normalized spacial score (nSPS) is 9.93. The Kier molecular flexibility index (Phi) is 11.5. The van der Waals surface area contributed by atoms with Gasteiger partial charge in [0.2, 0.25) is 0 Å². The van der Waals surface area contributed by atoms with Crippen LogP contribution in [0.3, 0.4) is 0 Å². The molecule has 6 heteroatoms. The van der Waals surface area contributed by atoms with Crippen molar-refractivity contribution in [3.8, 4) is 0 Å². The van der Waals surface area contributed by atoms with E-state index in [4.69, 9.17) is 16.3 Å². The van der Waals surface area contributed by atoms with Crippen molar-refractivity contribution in [2.24, 2.45) is 0 Å². The van der Waals surface area contributed by atoms with E-state index in [2.05, 4.69) is 6.58 Å². The number of carbonyl (C=O) groups excluding carboxylic acids is 2. The van der Waals surface area contributed by atoms with E-state index in [0.717, 1.165) is 11.0 Å². The topological polar surface area (TPSA) is 43.4 Å². The summed E-state index contributed by atoms with van der Waals surface area (Å²) in [5.41, 5.74) is 1.35. The fourth-order valence-electron chi connectivity index (χ4n) is 1.84. The quantitative estimate of drug-likeness (QED) is 0.283. The lowest BCUT2D eigenvalue weighted by molar-refractivity contribution is -0.870. The predicted octanol–water partition coefficient (Wildman–Crippen LogP) is 0.997. The molecule has 0 aromatic heterocycles. The summed E-state index contributed by atoms with van der Waals surface area (Å²) in [6, 6.07) is 16.1. The maximum absolute atomic E-state index is 11.9. The number of esters is 1. The van der Waals surface area contributed by atoms with Crippen LogP contribution in [0.1, 0.15) is 15.9 Å². The Bertz CT molecular complexity index is 725. The van der Waals surface area contributed by atoms with Crippen molar-refractivity contribution in [3.05, 3.63) is 83.4 Å². The molecule has 146 valence electrons. The van der Waals surface area contributed by atoms with E-state index >= 15 is 0 Å². The van der Waals surface area contributed by atoms with Crippen LogP contribution in [0.4, 0.5) is 0 Å². The van der Waals surface area contributed by atoms with E-state index in [9.17, 15) is 9.59 Å². The first kappa shape index (κ1) is 25.1. The highest BCUT2D eigenvalue weighted by Gasteiger charge is 2.07. The Morgan fingerprint density at radius 2 is 1.52 bits per heavy atom. The molecule has 2 rings (SSSR count). The molecule has 0 atom stereocenters. The second kappa shape index (κ2) is 12.4. The molecular weight excluding hydrogens is 430 g/mol. The Morgan fingerprint density at radius 3 is 2.00 bits per heavy atom. The Hall–Kier alpha value is -1.95. The van der Waals surface area contributed by atoms with E-state index in [-0.39, 0.29) is 28.7 Å². The number of ketones is 1. The summed E-state index contributed by atoms with van der Waals surface area (Å²) >= 11 is 5.75. The number of rotatable bonds is 6. The first-order chi connectivity index (χ1) is 12.2. The molecule has 0 fully saturated rings. The molecule has 0 N–H and O–H groups in total. The van der Waals surface area contributed by atoms with Gasteiger partial charge in [-0.05, 0) is 24.3 Å². The molecule has 0 aliphatic heterocycles. The van der Waals surface area contributed by atoms with Gasteiger partial charge in [-0.2, -0.15) is 0 Å². The number of likely N-dealkylation sites (N-methyl/N-ethyl adjacent to an activating group) is 1. The van der Waals surface area contributed by atoms with Crippen molar-refractivity contribution in [1.29, 1.82) is 0 Å². The minimum absolute atomic E-state index is 0. The van der Waals surface area contributed by atoms with Crippen LogP contribution in [-0.4, -0.2) is 50.5 Å². The second-order valence-corrected chi connectivity index (χ2v) is 7.02. The van der Waals surface area contributed by atoms with Crippen molar-refractivity contribution < 1.29 is 35.8 Å². The molecule has 0 bridgehead atoms. The number of ether oxygens (including phenoxy) is 1. The number of carbonyl (C=O) groups is 2. The summed E-state index contributed by atoms with van der Waals surface area (Å²) in [5, 5.41) is 0.639. The van der Waals surface area contributed by atoms with Crippen LogP contribution in [0, 0.1) is 0 Å². The molecule has 0 saturated heterocycles. The van der Waals surface area contributed by atoms with E-state index in [1.54, 1.807) is 36.4 Å². The first-order valence-corrected chi connectivity index (χ1v) is 8.55. The van der Waals surface area contributed by atoms with Crippen molar-refractivity contribution in [2.45, 2.75) is 0 Å². The van der Waals surface area contributed by atoms with Crippen LogP contribution < -0.4 is 17.0 Å². The van der Waals surface area contributed by atoms with Gasteiger partial charge in [-0.3, -0.25) is 4.79 Å². The summed E-state index contributed by atoms with van der Waals surface area (Å²) in [6.45, 7) is 4.57. The lowest BCUT2D eigenvalue weighted by Gasteiger charge is -2.23. The van der Waals surface area contributed by atoms with Gasteiger partial charge in [0.25, 0.3) is 0 Å². The molecule has 27 heavy (non-hydrogen) atoms. The van der Waals surface area contributed by atoms with E-state index < -0.39 is 0 Å². The van der Waals surface area contributed by atoms with Gasteiger partial charge in [0.15, 0.2) is 5.78 Å². The molecule has 2 aromatic rings. The molecular formula is C21H25BrClNO3. The van der Waals surface area contributed by atoms with Gasteiger partial charge in [0.05, 0.1) is 21.1 Å². The molecule has 0 spiro atoms. The molecule has 2 aromatic carbocycles. The largest absolute Gasteiger partial charge is 1.00 e. The lowest BCUT2D eigenvalue weighted by Crippen LogP contribution is -3.00. The Morgan fingerprint density at radius 1 is 1.00 bits per heavy atom. The van der Waals surface area contributed by atoms with Gasteiger partial charge in [-0.15, -0.1) is 0 Å². The number of hydrogen-bond donors (Lipinski definition) is 0. The summed E-state index contributed by atoms with van der Waals surface area (Å²) in [6.07, 6.45) is 1.18. The zero-order valence-electron chi connectivity index (χ0n) is 15.8. The lowest BCUT2D eigenvalue weighted by atomic mass is 10.0. The average molecular weight is 455 g/mol.